The van der Waals surface area contributed by atoms with E-state index in [2.05, 4.69) is 0 Å². The Morgan fingerprint density at radius 1 is 1.20 bits per heavy atom. The standard InChI is InChI=1S/C10H11F4N/c1-5(2)6-3-4-7(11)8(9(6)15)10(12,13)14/h3-5H,15H2,1-2H3. The average molecular weight is 221 g/mol. The number of benzene rings is 1. The molecule has 1 aromatic rings. The summed E-state index contributed by atoms with van der Waals surface area (Å²) >= 11 is 0. The number of nitrogens with two attached hydrogens (primary N) is 1. The zero-order valence-corrected chi connectivity index (χ0v) is 8.32. The lowest BCUT2D eigenvalue weighted by Gasteiger charge is -2.16. The second kappa shape index (κ2) is 3.72. The number of alkyl halides is 3. The van der Waals surface area contributed by atoms with Crippen LogP contribution in [0.25, 0.3) is 0 Å². The van der Waals surface area contributed by atoms with Gasteiger partial charge in [-0.15, -0.1) is 0 Å². The molecule has 0 aromatic heterocycles. The molecule has 0 aliphatic rings. The van der Waals surface area contributed by atoms with Gasteiger partial charge in [-0.05, 0) is 17.5 Å². The van der Waals surface area contributed by atoms with Gasteiger partial charge in [0.05, 0.1) is 5.69 Å². The fraction of sp³-hybridized carbons (Fsp3) is 0.400. The van der Waals surface area contributed by atoms with E-state index >= 15 is 0 Å². The monoisotopic (exact) mass is 221 g/mol. The minimum atomic E-state index is -4.75. The molecule has 15 heavy (non-hydrogen) atoms. The molecule has 1 rings (SSSR count). The quantitative estimate of drug-likeness (QED) is 0.569. The lowest BCUT2D eigenvalue weighted by Crippen LogP contribution is -2.14. The Kier molecular flexibility index (Phi) is 2.93. The summed E-state index contributed by atoms with van der Waals surface area (Å²) in [6.45, 7) is 3.40. The van der Waals surface area contributed by atoms with Gasteiger partial charge in [-0.2, -0.15) is 13.2 Å². The fourth-order valence-corrected chi connectivity index (χ4v) is 1.40. The van der Waals surface area contributed by atoms with E-state index in [1.54, 1.807) is 13.8 Å². The van der Waals surface area contributed by atoms with Gasteiger partial charge in [0.15, 0.2) is 0 Å². The van der Waals surface area contributed by atoms with Gasteiger partial charge in [-0.25, -0.2) is 4.39 Å². The highest BCUT2D eigenvalue weighted by Crippen LogP contribution is 2.38. The maximum Gasteiger partial charge on any atom is 0.421 e. The largest absolute Gasteiger partial charge is 0.421 e. The third-order valence-electron chi connectivity index (χ3n) is 2.13. The molecule has 0 unspecified atom stereocenters. The van der Waals surface area contributed by atoms with Crippen molar-refractivity contribution < 1.29 is 17.6 Å². The second-order valence-electron chi connectivity index (χ2n) is 3.58. The van der Waals surface area contributed by atoms with Gasteiger partial charge >= 0.3 is 6.18 Å². The van der Waals surface area contributed by atoms with E-state index in [1.165, 1.54) is 6.07 Å². The van der Waals surface area contributed by atoms with Crippen molar-refractivity contribution in [2.45, 2.75) is 25.9 Å². The van der Waals surface area contributed by atoms with Crippen molar-refractivity contribution in [3.63, 3.8) is 0 Å². The predicted molar refractivity (Wildman–Crippen MR) is 49.9 cm³/mol. The Morgan fingerprint density at radius 3 is 2.13 bits per heavy atom. The molecule has 5 heteroatoms. The van der Waals surface area contributed by atoms with E-state index in [0.717, 1.165) is 6.07 Å². The third kappa shape index (κ3) is 2.22. The molecule has 0 aliphatic carbocycles. The predicted octanol–water partition coefficient (Wildman–Crippen LogP) is 3.55. The number of anilines is 1. The molecule has 0 atom stereocenters. The molecule has 0 radical (unpaired) electrons. The average Bonchev–Trinajstić information content (AvgIpc) is 2.00. The van der Waals surface area contributed by atoms with Gasteiger partial charge in [0.2, 0.25) is 0 Å². The first-order valence-corrected chi connectivity index (χ1v) is 4.40. The van der Waals surface area contributed by atoms with Gasteiger partial charge in [-0.1, -0.05) is 19.9 Å². The summed E-state index contributed by atoms with van der Waals surface area (Å²) < 4.78 is 50.3. The molecular weight excluding hydrogens is 210 g/mol. The highest BCUT2D eigenvalue weighted by Gasteiger charge is 2.37. The fourth-order valence-electron chi connectivity index (χ4n) is 1.40. The van der Waals surface area contributed by atoms with Crippen LogP contribution in [0.1, 0.15) is 30.9 Å². The smallest absolute Gasteiger partial charge is 0.398 e. The first-order valence-electron chi connectivity index (χ1n) is 4.40. The maximum atomic E-state index is 13.0. The molecule has 0 spiro atoms. The molecule has 0 heterocycles. The molecular formula is C10H11F4N. The van der Waals surface area contributed by atoms with Gasteiger partial charge < -0.3 is 5.73 Å². The molecule has 0 fully saturated rings. The summed E-state index contributed by atoms with van der Waals surface area (Å²) in [6.07, 6.45) is -4.75. The SMILES string of the molecule is CC(C)c1ccc(F)c(C(F)(F)F)c1N. The van der Waals surface area contributed by atoms with E-state index in [0.29, 0.717) is 5.56 Å². The van der Waals surface area contributed by atoms with E-state index in [4.69, 9.17) is 5.73 Å². The van der Waals surface area contributed by atoms with Crippen molar-refractivity contribution in [3.05, 3.63) is 29.1 Å². The van der Waals surface area contributed by atoms with E-state index in [1.807, 2.05) is 0 Å². The van der Waals surface area contributed by atoms with Crippen molar-refractivity contribution in [2.75, 3.05) is 5.73 Å². The van der Waals surface area contributed by atoms with Gasteiger partial charge in [0.1, 0.15) is 11.4 Å². The van der Waals surface area contributed by atoms with Gasteiger partial charge in [0.25, 0.3) is 0 Å². The van der Waals surface area contributed by atoms with Crippen molar-refractivity contribution in [1.82, 2.24) is 0 Å². The lowest BCUT2D eigenvalue weighted by atomic mass is 9.97. The summed E-state index contributed by atoms with van der Waals surface area (Å²) in [4.78, 5) is 0. The first kappa shape index (κ1) is 11.8. The topological polar surface area (TPSA) is 26.0 Å². The van der Waals surface area contributed by atoms with Gasteiger partial charge in [0, 0.05) is 0 Å². The van der Waals surface area contributed by atoms with Crippen LogP contribution in [0.4, 0.5) is 23.2 Å². The molecule has 0 bridgehead atoms. The van der Waals surface area contributed by atoms with Crippen molar-refractivity contribution in [1.29, 1.82) is 0 Å². The number of nitrogen functional groups attached to an aromatic ring is 1. The molecule has 0 saturated heterocycles. The molecule has 0 aliphatic heterocycles. The van der Waals surface area contributed by atoms with Crippen LogP contribution in [0.2, 0.25) is 0 Å². The van der Waals surface area contributed by atoms with Crippen molar-refractivity contribution in [3.8, 4) is 0 Å². The van der Waals surface area contributed by atoms with Crippen LogP contribution >= 0.6 is 0 Å². The Morgan fingerprint density at radius 2 is 1.73 bits per heavy atom. The van der Waals surface area contributed by atoms with Crippen molar-refractivity contribution >= 4 is 5.69 Å². The van der Waals surface area contributed by atoms with Crippen LogP contribution < -0.4 is 5.73 Å². The highest BCUT2D eigenvalue weighted by molar-refractivity contribution is 5.56. The second-order valence-corrected chi connectivity index (χ2v) is 3.58. The molecule has 84 valence electrons. The minimum Gasteiger partial charge on any atom is -0.398 e. The number of halogens is 4. The van der Waals surface area contributed by atoms with Crippen LogP contribution in [0.15, 0.2) is 12.1 Å². The lowest BCUT2D eigenvalue weighted by molar-refractivity contribution is -0.139. The zero-order valence-electron chi connectivity index (χ0n) is 8.32. The minimum absolute atomic E-state index is 0.174. The Labute approximate surface area is 84.9 Å². The summed E-state index contributed by atoms with van der Waals surface area (Å²) in [5, 5.41) is 0. The number of hydrogen-bond donors (Lipinski definition) is 1. The van der Waals surface area contributed by atoms with Crippen LogP contribution in [-0.4, -0.2) is 0 Å². The van der Waals surface area contributed by atoms with E-state index in [-0.39, 0.29) is 5.92 Å². The Hall–Kier alpha value is -1.26. The summed E-state index contributed by atoms with van der Waals surface area (Å²) in [5.74, 6) is -1.50. The third-order valence-corrected chi connectivity index (χ3v) is 2.13. The van der Waals surface area contributed by atoms with E-state index in [9.17, 15) is 17.6 Å². The maximum absolute atomic E-state index is 13.0. The molecule has 1 aromatic carbocycles. The first-order chi connectivity index (χ1) is 6.75. The molecule has 2 N–H and O–H groups in total. The summed E-state index contributed by atoms with van der Waals surface area (Å²) in [7, 11) is 0. The van der Waals surface area contributed by atoms with Crippen LogP contribution in [-0.2, 0) is 6.18 Å². The highest BCUT2D eigenvalue weighted by atomic mass is 19.4. The van der Waals surface area contributed by atoms with Crippen LogP contribution in [0, 0.1) is 5.82 Å². The Balaban J connectivity index is 3.44. The zero-order chi connectivity index (χ0) is 11.8. The molecule has 0 saturated carbocycles. The van der Waals surface area contributed by atoms with Gasteiger partial charge in [-0.3, -0.25) is 0 Å². The van der Waals surface area contributed by atoms with Crippen LogP contribution in [0.3, 0.4) is 0 Å². The molecule has 1 nitrogen and oxygen atoms in total. The Bertz CT molecular complexity index is 368. The number of rotatable bonds is 1. The normalized spacial score (nSPS) is 12.2. The van der Waals surface area contributed by atoms with Crippen molar-refractivity contribution in [2.24, 2.45) is 0 Å². The number of hydrogen-bond acceptors (Lipinski definition) is 1. The molecule has 0 amide bonds. The summed E-state index contributed by atoms with van der Waals surface area (Å²) in [5.41, 5.74) is 3.74. The summed E-state index contributed by atoms with van der Waals surface area (Å²) in [6, 6.07) is 2.08. The van der Waals surface area contributed by atoms with E-state index < -0.39 is 23.2 Å². The van der Waals surface area contributed by atoms with Crippen LogP contribution in [0.5, 0.6) is 0 Å².